The van der Waals surface area contributed by atoms with E-state index in [0.717, 1.165) is 61.7 Å². The summed E-state index contributed by atoms with van der Waals surface area (Å²) in [6.07, 6.45) is 1.16. The van der Waals surface area contributed by atoms with Crippen molar-refractivity contribution in [2.24, 2.45) is 11.8 Å². The number of aromatic nitrogens is 1. The van der Waals surface area contributed by atoms with Crippen LogP contribution < -0.4 is 10.2 Å². The molecular weight excluding hydrogens is 480 g/mol. The molecule has 186 valence electrons. The Labute approximate surface area is 220 Å². The molecule has 0 radical (unpaired) electrons. The van der Waals surface area contributed by atoms with Gasteiger partial charge in [-0.15, -0.1) is 0 Å². The number of amides is 1. The molecule has 1 N–H and O–H groups in total. The lowest BCUT2D eigenvalue weighted by molar-refractivity contribution is 0.0951. The molecule has 1 aliphatic heterocycles. The Morgan fingerprint density at radius 2 is 1.65 bits per heavy atom. The molecule has 2 heterocycles. The summed E-state index contributed by atoms with van der Waals surface area (Å²) in [7, 11) is 0. The maximum atomic E-state index is 12.9. The highest BCUT2D eigenvalue weighted by Crippen LogP contribution is 2.39. The van der Waals surface area contributed by atoms with Crippen molar-refractivity contribution < 1.29 is 9.59 Å². The maximum absolute atomic E-state index is 12.9. The zero-order chi connectivity index (χ0) is 24.9. The van der Waals surface area contributed by atoms with Crippen LogP contribution in [0.3, 0.4) is 0 Å². The Morgan fingerprint density at radius 3 is 2.51 bits per heavy atom. The molecule has 37 heavy (non-hydrogen) atoms. The molecule has 6 nitrogen and oxygen atoms in total. The van der Waals surface area contributed by atoms with Gasteiger partial charge >= 0.3 is 0 Å². The van der Waals surface area contributed by atoms with E-state index in [2.05, 4.69) is 39.4 Å². The Kier molecular flexibility index (Phi) is 5.55. The first kappa shape index (κ1) is 22.6. The molecule has 1 aromatic heterocycles. The Bertz CT molecular complexity index is 1520. The van der Waals surface area contributed by atoms with Gasteiger partial charge in [-0.3, -0.25) is 14.5 Å². The fourth-order valence-corrected chi connectivity index (χ4v) is 6.65. The molecule has 3 aromatic carbocycles. The predicted molar refractivity (Wildman–Crippen MR) is 148 cm³/mol. The summed E-state index contributed by atoms with van der Waals surface area (Å²) in [5, 5.41) is 4.37. The molecule has 0 bridgehead atoms. The van der Waals surface area contributed by atoms with Gasteiger partial charge in [-0.05, 0) is 65.2 Å². The third-order valence-corrected chi connectivity index (χ3v) is 8.92. The average molecular weight is 509 g/mol. The lowest BCUT2D eigenvalue weighted by Gasteiger charge is -2.35. The van der Waals surface area contributed by atoms with Crippen LogP contribution in [0.5, 0.6) is 0 Å². The summed E-state index contributed by atoms with van der Waals surface area (Å²) in [4.78, 5) is 30.6. The number of rotatable bonds is 6. The smallest absolute Gasteiger partial charge is 0.251 e. The van der Waals surface area contributed by atoms with Gasteiger partial charge in [0.1, 0.15) is 5.82 Å². The van der Waals surface area contributed by atoms with Gasteiger partial charge in [0.2, 0.25) is 0 Å². The number of ketones is 1. The van der Waals surface area contributed by atoms with E-state index < -0.39 is 0 Å². The summed E-state index contributed by atoms with van der Waals surface area (Å²) in [6.45, 7) is 5.89. The molecule has 1 saturated carbocycles. The average Bonchev–Trinajstić information content (AvgIpc) is 3.43. The van der Waals surface area contributed by atoms with Crippen molar-refractivity contribution in [1.82, 2.24) is 14.6 Å². The van der Waals surface area contributed by atoms with E-state index in [-0.39, 0.29) is 11.7 Å². The van der Waals surface area contributed by atoms with Crippen molar-refractivity contribution in [1.29, 1.82) is 0 Å². The number of anilines is 1. The molecular formula is C30H28N4O2S. The number of piperazine rings is 1. The van der Waals surface area contributed by atoms with E-state index in [4.69, 9.17) is 4.37 Å². The highest BCUT2D eigenvalue weighted by Gasteiger charge is 2.39. The summed E-state index contributed by atoms with van der Waals surface area (Å²) in [5.74, 6) is 2.21. The van der Waals surface area contributed by atoms with Crippen molar-refractivity contribution in [2.75, 3.05) is 44.2 Å². The Hall–Kier alpha value is -3.55. The zero-order valence-electron chi connectivity index (χ0n) is 20.5. The molecule has 4 aromatic rings. The van der Waals surface area contributed by atoms with Gasteiger partial charge in [-0.1, -0.05) is 42.5 Å². The van der Waals surface area contributed by atoms with Gasteiger partial charge in [0.15, 0.2) is 5.78 Å². The third-order valence-electron chi connectivity index (χ3n) is 8.11. The number of nitrogens with zero attached hydrogens (tertiary/aromatic N) is 3. The maximum Gasteiger partial charge on any atom is 0.251 e. The van der Waals surface area contributed by atoms with Gasteiger partial charge in [0.05, 0.1) is 4.70 Å². The summed E-state index contributed by atoms with van der Waals surface area (Å²) in [5.41, 5.74) is 3.78. The normalized spacial score (nSPS) is 20.6. The van der Waals surface area contributed by atoms with Crippen LogP contribution in [0.4, 0.5) is 5.82 Å². The van der Waals surface area contributed by atoms with E-state index in [9.17, 15) is 9.59 Å². The standard InChI is InChI=1S/C30H28N4O2S/c35-28-24-6-2-1-5-22(24)23-10-9-19(16-26(23)28)30(36)31-17-20-15-21(20)18-33-11-13-34(14-12-33)29-25-7-3-4-8-27(25)37-32-29/h1-10,16,20-21H,11-15,17-18H2,(H,31,36)/t20-,21-/m1/s1. The fraction of sp³-hybridized carbons (Fsp3) is 0.300. The van der Waals surface area contributed by atoms with Crippen molar-refractivity contribution in [2.45, 2.75) is 6.42 Å². The SMILES string of the molecule is O=C(NC[C@H]1C[C@@H]1CN1CCN(c2nsc3ccccc23)CC1)c1ccc2c(c1)C(=O)c1ccccc1-2. The minimum atomic E-state index is -0.0960. The Balaban J connectivity index is 0.900. The second kappa shape index (κ2) is 9.08. The van der Waals surface area contributed by atoms with E-state index in [1.165, 1.54) is 10.1 Å². The molecule has 1 saturated heterocycles. The van der Waals surface area contributed by atoms with Crippen LogP contribution >= 0.6 is 11.5 Å². The lowest BCUT2D eigenvalue weighted by Crippen LogP contribution is -2.47. The van der Waals surface area contributed by atoms with Crippen LogP contribution in [0.25, 0.3) is 21.2 Å². The minimum absolute atomic E-state index is 0.00516. The monoisotopic (exact) mass is 508 g/mol. The van der Waals surface area contributed by atoms with Gasteiger partial charge in [0, 0.05) is 61.3 Å². The number of hydrogen-bond acceptors (Lipinski definition) is 6. The first-order valence-electron chi connectivity index (χ1n) is 13.0. The Morgan fingerprint density at radius 1 is 0.892 bits per heavy atom. The van der Waals surface area contributed by atoms with Crippen molar-refractivity contribution in [3.8, 4) is 11.1 Å². The van der Waals surface area contributed by atoms with E-state index in [0.29, 0.717) is 29.5 Å². The van der Waals surface area contributed by atoms with E-state index >= 15 is 0 Å². The summed E-state index contributed by atoms with van der Waals surface area (Å²) >= 11 is 1.58. The van der Waals surface area contributed by atoms with Crippen molar-refractivity contribution in [3.63, 3.8) is 0 Å². The van der Waals surface area contributed by atoms with Crippen LogP contribution in [0.2, 0.25) is 0 Å². The molecule has 3 aliphatic rings. The molecule has 1 amide bonds. The van der Waals surface area contributed by atoms with Gasteiger partial charge < -0.3 is 10.2 Å². The largest absolute Gasteiger partial charge is 0.353 e. The van der Waals surface area contributed by atoms with Crippen LogP contribution in [-0.4, -0.2) is 60.2 Å². The van der Waals surface area contributed by atoms with Gasteiger partial charge in [-0.2, -0.15) is 4.37 Å². The highest BCUT2D eigenvalue weighted by molar-refractivity contribution is 7.13. The van der Waals surface area contributed by atoms with Gasteiger partial charge in [-0.25, -0.2) is 0 Å². The second-order valence-corrected chi connectivity index (χ2v) is 11.2. The summed E-state index contributed by atoms with van der Waals surface area (Å²) in [6, 6.07) is 21.6. The number of hydrogen-bond donors (Lipinski definition) is 1. The highest BCUT2D eigenvalue weighted by atomic mass is 32.1. The quantitative estimate of drug-likeness (QED) is 0.360. The van der Waals surface area contributed by atoms with Crippen LogP contribution in [0.1, 0.15) is 32.7 Å². The minimum Gasteiger partial charge on any atom is -0.353 e. The van der Waals surface area contributed by atoms with Crippen molar-refractivity contribution >= 4 is 39.1 Å². The molecule has 2 atom stereocenters. The second-order valence-electron chi connectivity index (χ2n) is 10.4. The van der Waals surface area contributed by atoms with Gasteiger partial charge in [0.25, 0.3) is 5.91 Å². The molecule has 0 spiro atoms. The fourth-order valence-electron chi connectivity index (χ4n) is 5.85. The number of carbonyl (C=O) groups is 2. The van der Waals surface area contributed by atoms with Crippen LogP contribution in [0, 0.1) is 11.8 Å². The summed E-state index contributed by atoms with van der Waals surface area (Å²) < 4.78 is 5.97. The van der Waals surface area contributed by atoms with E-state index in [1.807, 2.05) is 36.4 Å². The molecule has 2 aliphatic carbocycles. The molecule has 0 unspecified atom stereocenters. The lowest BCUT2D eigenvalue weighted by atomic mass is 10.0. The number of carbonyl (C=O) groups excluding carboxylic acids is 2. The molecule has 7 heteroatoms. The first-order valence-corrected chi connectivity index (χ1v) is 13.8. The third kappa shape index (κ3) is 4.12. The van der Waals surface area contributed by atoms with E-state index in [1.54, 1.807) is 17.6 Å². The zero-order valence-corrected chi connectivity index (χ0v) is 21.3. The van der Waals surface area contributed by atoms with Crippen molar-refractivity contribution in [3.05, 3.63) is 83.4 Å². The van der Waals surface area contributed by atoms with Crippen LogP contribution in [-0.2, 0) is 0 Å². The van der Waals surface area contributed by atoms with Crippen LogP contribution in [0.15, 0.2) is 66.7 Å². The number of fused-ring (bicyclic) bond motifs is 4. The number of benzene rings is 3. The molecule has 7 rings (SSSR count). The topological polar surface area (TPSA) is 65.5 Å². The first-order chi connectivity index (χ1) is 18.2. The molecule has 2 fully saturated rings. The predicted octanol–water partition coefficient (Wildman–Crippen LogP) is 4.70. The number of nitrogens with one attached hydrogen (secondary N) is 1.